The number of nitrogens with two attached hydrogens (primary N) is 1. The van der Waals surface area contributed by atoms with Crippen molar-refractivity contribution in [1.29, 1.82) is 0 Å². The maximum atomic E-state index is 5.89. The van der Waals surface area contributed by atoms with Crippen LogP contribution >= 0.6 is 0 Å². The molecular formula is C16H23N3. The van der Waals surface area contributed by atoms with Gasteiger partial charge in [-0.2, -0.15) is 0 Å². The zero-order valence-electron chi connectivity index (χ0n) is 12.1. The third kappa shape index (κ3) is 2.01. The van der Waals surface area contributed by atoms with Gasteiger partial charge in [0.15, 0.2) is 0 Å². The zero-order valence-corrected chi connectivity index (χ0v) is 12.1. The molecule has 1 fully saturated rings. The van der Waals surface area contributed by atoms with Gasteiger partial charge in [0.1, 0.15) is 5.82 Å². The maximum Gasteiger partial charge on any atom is 0.110 e. The average molecular weight is 257 g/mol. The van der Waals surface area contributed by atoms with Crippen LogP contribution in [0.25, 0.3) is 11.0 Å². The molecule has 1 aromatic carbocycles. The molecule has 3 nitrogen and oxygen atoms in total. The molecule has 2 N–H and O–H groups in total. The Morgan fingerprint density at radius 3 is 2.74 bits per heavy atom. The number of aromatic nitrogens is 2. The van der Waals surface area contributed by atoms with Crippen LogP contribution in [0.15, 0.2) is 18.2 Å². The Balaban J connectivity index is 2.21. The zero-order chi connectivity index (χ0) is 13.6. The van der Waals surface area contributed by atoms with Gasteiger partial charge in [-0.3, -0.25) is 0 Å². The third-order valence-corrected chi connectivity index (χ3v) is 4.37. The minimum atomic E-state index is 0.162. The summed E-state index contributed by atoms with van der Waals surface area (Å²) < 4.78 is 2.46. The third-order valence-electron chi connectivity index (χ3n) is 4.37. The highest BCUT2D eigenvalue weighted by Crippen LogP contribution is 2.45. The van der Waals surface area contributed by atoms with Crippen molar-refractivity contribution in [3.8, 4) is 0 Å². The lowest BCUT2D eigenvalue weighted by Crippen LogP contribution is -2.30. The van der Waals surface area contributed by atoms with Crippen molar-refractivity contribution in [1.82, 2.24) is 9.55 Å². The summed E-state index contributed by atoms with van der Waals surface area (Å²) in [5.41, 5.74) is 9.12. The number of aryl methyl sites for hydroxylation is 1. The second-order valence-corrected chi connectivity index (χ2v) is 6.29. The van der Waals surface area contributed by atoms with E-state index in [2.05, 4.69) is 31.4 Å². The molecule has 0 spiro atoms. The molecule has 2 aromatic rings. The molecule has 1 aromatic heterocycles. The van der Waals surface area contributed by atoms with Gasteiger partial charge in [0.05, 0.1) is 11.0 Å². The van der Waals surface area contributed by atoms with E-state index < -0.39 is 0 Å². The topological polar surface area (TPSA) is 43.8 Å². The van der Waals surface area contributed by atoms with E-state index in [1.807, 2.05) is 12.1 Å². The predicted octanol–water partition coefficient (Wildman–Crippen LogP) is 3.72. The highest BCUT2D eigenvalue weighted by Gasteiger charge is 2.40. The summed E-state index contributed by atoms with van der Waals surface area (Å²) in [5, 5.41) is 0. The fraction of sp³-hybridized carbons (Fsp3) is 0.562. The second kappa shape index (κ2) is 4.26. The van der Waals surface area contributed by atoms with Crippen molar-refractivity contribution in [3.63, 3.8) is 0 Å². The number of hydrogen-bond acceptors (Lipinski definition) is 2. The summed E-state index contributed by atoms with van der Waals surface area (Å²) >= 11 is 0. The van der Waals surface area contributed by atoms with Crippen LogP contribution < -0.4 is 5.73 Å². The molecular weight excluding hydrogens is 234 g/mol. The van der Waals surface area contributed by atoms with Crippen molar-refractivity contribution >= 4 is 16.7 Å². The summed E-state index contributed by atoms with van der Waals surface area (Å²) in [5.74, 6) is 2.00. The van der Waals surface area contributed by atoms with E-state index in [1.54, 1.807) is 0 Å². The van der Waals surface area contributed by atoms with Gasteiger partial charge in [-0.1, -0.05) is 6.92 Å². The Labute approximate surface area is 114 Å². The van der Waals surface area contributed by atoms with Gasteiger partial charge in [0, 0.05) is 17.6 Å². The molecule has 0 aliphatic heterocycles. The number of benzene rings is 1. The summed E-state index contributed by atoms with van der Waals surface area (Å²) in [6.45, 7) is 6.91. The lowest BCUT2D eigenvalue weighted by molar-refractivity contribution is 0.304. The fourth-order valence-corrected chi connectivity index (χ4v) is 3.15. The minimum absolute atomic E-state index is 0.162. The number of nitrogens with zero attached hydrogens (tertiary/aromatic N) is 2. The van der Waals surface area contributed by atoms with Gasteiger partial charge in [-0.05, 0) is 57.2 Å². The second-order valence-electron chi connectivity index (χ2n) is 6.29. The van der Waals surface area contributed by atoms with Gasteiger partial charge >= 0.3 is 0 Å². The largest absolute Gasteiger partial charge is 0.399 e. The van der Waals surface area contributed by atoms with E-state index in [0.29, 0.717) is 0 Å². The van der Waals surface area contributed by atoms with Crippen molar-refractivity contribution < 1.29 is 0 Å². The van der Waals surface area contributed by atoms with Crippen LogP contribution in [0.1, 0.15) is 45.9 Å². The number of hydrogen-bond donors (Lipinski definition) is 1. The Morgan fingerprint density at radius 2 is 2.11 bits per heavy atom. The van der Waals surface area contributed by atoms with Crippen LogP contribution in [-0.4, -0.2) is 9.55 Å². The molecule has 3 rings (SSSR count). The number of imidazole rings is 1. The van der Waals surface area contributed by atoms with Gasteiger partial charge in [-0.25, -0.2) is 4.98 Å². The highest BCUT2D eigenvalue weighted by atomic mass is 15.1. The Hall–Kier alpha value is -1.51. The number of fused-ring (bicyclic) bond motifs is 1. The monoisotopic (exact) mass is 257 g/mol. The van der Waals surface area contributed by atoms with Crippen LogP contribution in [0.4, 0.5) is 5.69 Å². The van der Waals surface area contributed by atoms with Crippen LogP contribution in [0.3, 0.4) is 0 Å². The summed E-state index contributed by atoms with van der Waals surface area (Å²) in [4.78, 5) is 4.82. The van der Waals surface area contributed by atoms with Gasteiger partial charge in [-0.15, -0.1) is 0 Å². The van der Waals surface area contributed by atoms with Gasteiger partial charge < -0.3 is 10.3 Å². The highest BCUT2D eigenvalue weighted by molar-refractivity contribution is 5.80. The summed E-state index contributed by atoms with van der Waals surface area (Å²) in [7, 11) is 0. The molecule has 1 aliphatic carbocycles. The molecule has 0 amide bonds. The standard InChI is InChI=1S/C16H23N3/c1-4-5-15-18-13-10-12(17)8-9-14(13)19(15)16(2,3)11-6-7-11/h8-11H,4-7,17H2,1-3H3. The van der Waals surface area contributed by atoms with E-state index in [-0.39, 0.29) is 5.54 Å². The lowest BCUT2D eigenvalue weighted by Gasteiger charge is -2.29. The molecule has 0 atom stereocenters. The van der Waals surface area contributed by atoms with Crippen LogP contribution in [0.2, 0.25) is 0 Å². The summed E-state index contributed by atoms with van der Waals surface area (Å²) in [6, 6.07) is 6.11. The average Bonchev–Trinajstić information content (AvgIpc) is 3.12. The normalized spacial score (nSPS) is 16.2. The van der Waals surface area contributed by atoms with Crippen molar-refractivity contribution in [2.24, 2.45) is 5.92 Å². The Morgan fingerprint density at radius 1 is 1.37 bits per heavy atom. The molecule has 0 radical (unpaired) electrons. The molecule has 3 heteroatoms. The van der Waals surface area contributed by atoms with E-state index in [0.717, 1.165) is 30.0 Å². The predicted molar refractivity (Wildman–Crippen MR) is 80.2 cm³/mol. The molecule has 0 unspecified atom stereocenters. The molecule has 19 heavy (non-hydrogen) atoms. The van der Waals surface area contributed by atoms with Crippen molar-refractivity contribution in [2.45, 2.75) is 52.0 Å². The van der Waals surface area contributed by atoms with E-state index in [4.69, 9.17) is 10.7 Å². The minimum Gasteiger partial charge on any atom is -0.399 e. The molecule has 1 saturated carbocycles. The van der Waals surface area contributed by atoms with Crippen molar-refractivity contribution in [3.05, 3.63) is 24.0 Å². The van der Waals surface area contributed by atoms with Crippen LogP contribution in [-0.2, 0) is 12.0 Å². The Kier molecular flexibility index (Phi) is 2.80. The first-order chi connectivity index (χ1) is 9.04. The SMILES string of the molecule is CCCc1nc2cc(N)ccc2n1C(C)(C)C1CC1. The van der Waals surface area contributed by atoms with Crippen LogP contribution in [0, 0.1) is 5.92 Å². The quantitative estimate of drug-likeness (QED) is 0.848. The molecule has 1 aliphatic rings. The Bertz CT molecular complexity index is 606. The summed E-state index contributed by atoms with van der Waals surface area (Å²) in [6.07, 6.45) is 4.84. The molecule has 0 bridgehead atoms. The number of rotatable bonds is 4. The van der Waals surface area contributed by atoms with Crippen molar-refractivity contribution in [2.75, 3.05) is 5.73 Å². The smallest absolute Gasteiger partial charge is 0.110 e. The molecule has 102 valence electrons. The fourth-order valence-electron chi connectivity index (χ4n) is 3.15. The first kappa shape index (κ1) is 12.5. The number of anilines is 1. The van der Waals surface area contributed by atoms with Gasteiger partial charge in [0.25, 0.3) is 0 Å². The van der Waals surface area contributed by atoms with E-state index in [9.17, 15) is 0 Å². The number of nitrogen functional groups attached to an aromatic ring is 1. The van der Waals surface area contributed by atoms with Gasteiger partial charge in [0.2, 0.25) is 0 Å². The first-order valence-corrected chi connectivity index (χ1v) is 7.31. The first-order valence-electron chi connectivity index (χ1n) is 7.31. The molecule has 0 saturated heterocycles. The van der Waals surface area contributed by atoms with E-state index >= 15 is 0 Å². The maximum absolute atomic E-state index is 5.89. The lowest BCUT2D eigenvalue weighted by atomic mass is 9.97. The molecule has 1 heterocycles. The van der Waals surface area contributed by atoms with Crippen LogP contribution in [0.5, 0.6) is 0 Å². The van der Waals surface area contributed by atoms with E-state index in [1.165, 1.54) is 24.2 Å².